The maximum absolute atomic E-state index is 11.6. The fourth-order valence-corrected chi connectivity index (χ4v) is 3.29. The van der Waals surface area contributed by atoms with Gasteiger partial charge in [0.05, 0.1) is 17.1 Å². The van der Waals surface area contributed by atoms with Crippen molar-refractivity contribution < 1.29 is 9.53 Å². The minimum absolute atomic E-state index is 0.0613. The van der Waals surface area contributed by atoms with E-state index in [1.54, 1.807) is 0 Å². The van der Waals surface area contributed by atoms with Crippen LogP contribution in [0.15, 0.2) is 42.5 Å². The summed E-state index contributed by atoms with van der Waals surface area (Å²) in [5.74, 6) is 0.559. The SMILES string of the molecule is Cc1ccc(-c2c(C)nn(C)c2-c2ccc3c(c2)NC(=O)CO3)cc1. The van der Waals surface area contributed by atoms with E-state index in [1.807, 2.05) is 36.9 Å². The van der Waals surface area contributed by atoms with Gasteiger partial charge in [-0.15, -0.1) is 0 Å². The van der Waals surface area contributed by atoms with Crippen LogP contribution in [-0.2, 0) is 11.8 Å². The van der Waals surface area contributed by atoms with Crippen molar-refractivity contribution in [2.24, 2.45) is 7.05 Å². The van der Waals surface area contributed by atoms with E-state index in [0.29, 0.717) is 11.4 Å². The Morgan fingerprint density at radius 1 is 1.08 bits per heavy atom. The summed E-state index contributed by atoms with van der Waals surface area (Å²) in [5.41, 5.74) is 7.13. The summed E-state index contributed by atoms with van der Waals surface area (Å²) >= 11 is 0. The molecule has 0 atom stereocenters. The smallest absolute Gasteiger partial charge is 0.262 e. The Labute approximate surface area is 146 Å². The summed E-state index contributed by atoms with van der Waals surface area (Å²) in [6.07, 6.45) is 0. The van der Waals surface area contributed by atoms with Gasteiger partial charge in [-0.3, -0.25) is 9.48 Å². The molecule has 2 aromatic carbocycles. The molecule has 0 saturated carbocycles. The molecule has 1 aromatic heterocycles. The van der Waals surface area contributed by atoms with Gasteiger partial charge in [-0.1, -0.05) is 29.8 Å². The summed E-state index contributed by atoms with van der Waals surface area (Å²) in [5, 5.41) is 7.48. The van der Waals surface area contributed by atoms with Gasteiger partial charge in [0.15, 0.2) is 6.61 Å². The van der Waals surface area contributed by atoms with Crippen molar-refractivity contribution in [2.45, 2.75) is 13.8 Å². The molecule has 5 nitrogen and oxygen atoms in total. The van der Waals surface area contributed by atoms with Crippen molar-refractivity contribution in [2.75, 3.05) is 11.9 Å². The predicted octanol–water partition coefficient (Wildman–Crippen LogP) is 3.70. The van der Waals surface area contributed by atoms with Crippen molar-refractivity contribution in [1.29, 1.82) is 0 Å². The number of amides is 1. The highest BCUT2D eigenvalue weighted by molar-refractivity contribution is 5.96. The van der Waals surface area contributed by atoms with Crippen molar-refractivity contribution in [3.05, 3.63) is 53.7 Å². The van der Waals surface area contributed by atoms with E-state index in [-0.39, 0.29) is 12.5 Å². The normalized spacial score (nSPS) is 13.2. The van der Waals surface area contributed by atoms with E-state index in [4.69, 9.17) is 4.74 Å². The predicted molar refractivity (Wildman–Crippen MR) is 97.7 cm³/mol. The maximum atomic E-state index is 11.6. The zero-order valence-corrected chi connectivity index (χ0v) is 14.5. The van der Waals surface area contributed by atoms with Crippen LogP contribution in [0.1, 0.15) is 11.3 Å². The van der Waals surface area contributed by atoms with E-state index in [2.05, 4.69) is 41.6 Å². The molecule has 2 heterocycles. The Bertz CT molecular complexity index is 971. The number of rotatable bonds is 2. The summed E-state index contributed by atoms with van der Waals surface area (Å²) in [4.78, 5) is 11.6. The first-order chi connectivity index (χ1) is 12.0. The molecule has 1 aliphatic heterocycles. The van der Waals surface area contributed by atoms with Crippen LogP contribution < -0.4 is 10.1 Å². The number of nitrogens with zero attached hydrogens (tertiary/aromatic N) is 2. The van der Waals surface area contributed by atoms with Gasteiger partial charge < -0.3 is 10.1 Å². The molecule has 5 heteroatoms. The second kappa shape index (κ2) is 5.77. The highest BCUT2D eigenvalue weighted by Crippen LogP contribution is 2.38. The van der Waals surface area contributed by atoms with Crippen molar-refractivity contribution >= 4 is 11.6 Å². The van der Waals surface area contributed by atoms with Crippen molar-refractivity contribution in [3.8, 4) is 28.1 Å². The van der Waals surface area contributed by atoms with Gasteiger partial charge in [0.2, 0.25) is 0 Å². The second-order valence-corrected chi connectivity index (χ2v) is 6.35. The van der Waals surface area contributed by atoms with Gasteiger partial charge in [0.1, 0.15) is 5.75 Å². The van der Waals surface area contributed by atoms with Crippen LogP contribution in [0.4, 0.5) is 5.69 Å². The minimum Gasteiger partial charge on any atom is -0.482 e. The van der Waals surface area contributed by atoms with Crippen LogP contribution in [0, 0.1) is 13.8 Å². The Balaban J connectivity index is 1.87. The fraction of sp³-hybridized carbons (Fsp3) is 0.200. The molecule has 0 bridgehead atoms. The molecule has 1 aliphatic rings. The molecule has 25 heavy (non-hydrogen) atoms. The Morgan fingerprint density at radius 2 is 1.80 bits per heavy atom. The largest absolute Gasteiger partial charge is 0.482 e. The Kier molecular flexibility index (Phi) is 3.57. The summed E-state index contributed by atoms with van der Waals surface area (Å²) < 4.78 is 7.34. The van der Waals surface area contributed by atoms with Crippen LogP contribution >= 0.6 is 0 Å². The number of nitrogens with one attached hydrogen (secondary N) is 1. The lowest BCUT2D eigenvalue weighted by Crippen LogP contribution is -2.25. The molecule has 4 rings (SSSR count). The lowest BCUT2D eigenvalue weighted by molar-refractivity contribution is -0.118. The number of ether oxygens (including phenoxy) is 1. The van der Waals surface area contributed by atoms with Gasteiger partial charge in [-0.2, -0.15) is 5.10 Å². The molecule has 0 radical (unpaired) electrons. The first-order valence-corrected chi connectivity index (χ1v) is 8.20. The highest BCUT2D eigenvalue weighted by Gasteiger charge is 2.20. The van der Waals surface area contributed by atoms with Gasteiger partial charge in [0.25, 0.3) is 5.91 Å². The van der Waals surface area contributed by atoms with Crippen molar-refractivity contribution in [3.63, 3.8) is 0 Å². The minimum atomic E-state index is -0.135. The topological polar surface area (TPSA) is 56.2 Å². The number of carbonyl (C=O) groups excluding carboxylic acids is 1. The molecule has 3 aromatic rings. The number of aromatic nitrogens is 2. The van der Waals surface area contributed by atoms with Crippen LogP contribution in [0.5, 0.6) is 5.75 Å². The third-order valence-corrected chi connectivity index (χ3v) is 4.45. The molecule has 0 spiro atoms. The number of fused-ring (bicyclic) bond motifs is 1. The number of hydrogen-bond donors (Lipinski definition) is 1. The van der Waals surface area contributed by atoms with Crippen LogP contribution in [0.25, 0.3) is 22.4 Å². The first kappa shape index (κ1) is 15.4. The van der Waals surface area contributed by atoms with Crippen molar-refractivity contribution in [1.82, 2.24) is 9.78 Å². The molecular weight excluding hydrogens is 314 g/mol. The standard InChI is InChI=1S/C20H19N3O2/c1-12-4-6-14(7-5-12)19-13(2)22-23(3)20(19)15-8-9-17-16(10-15)21-18(24)11-25-17/h4-10H,11H2,1-3H3,(H,21,24). The van der Waals surface area contributed by atoms with E-state index < -0.39 is 0 Å². The number of benzene rings is 2. The summed E-state index contributed by atoms with van der Waals surface area (Å²) in [7, 11) is 1.94. The number of carbonyl (C=O) groups is 1. The quantitative estimate of drug-likeness (QED) is 0.778. The van der Waals surface area contributed by atoms with E-state index in [0.717, 1.165) is 28.1 Å². The van der Waals surface area contributed by atoms with Gasteiger partial charge in [0, 0.05) is 18.2 Å². The van der Waals surface area contributed by atoms with Crippen LogP contribution in [0.2, 0.25) is 0 Å². The molecule has 0 fully saturated rings. The monoisotopic (exact) mass is 333 g/mol. The van der Waals surface area contributed by atoms with Crippen LogP contribution in [0.3, 0.4) is 0 Å². The van der Waals surface area contributed by atoms with Crippen LogP contribution in [-0.4, -0.2) is 22.3 Å². The molecular formula is C20H19N3O2. The van der Waals surface area contributed by atoms with Gasteiger partial charge in [-0.25, -0.2) is 0 Å². The molecule has 0 aliphatic carbocycles. The zero-order chi connectivity index (χ0) is 17.6. The molecule has 0 unspecified atom stereocenters. The fourth-order valence-electron chi connectivity index (χ4n) is 3.29. The van der Waals surface area contributed by atoms with E-state index >= 15 is 0 Å². The lowest BCUT2D eigenvalue weighted by atomic mass is 9.98. The van der Waals surface area contributed by atoms with E-state index in [9.17, 15) is 4.79 Å². The Hall–Kier alpha value is -3.08. The van der Waals surface area contributed by atoms with E-state index in [1.165, 1.54) is 5.56 Å². The number of hydrogen-bond acceptors (Lipinski definition) is 3. The zero-order valence-electron chi connectivity index (χ0n) is 14.5. The third-order valence-electron chi connectivity index (χ3n) is 4.45. The van der Waals surface area contributed by atoms with Gasteiger partial charge in [-0.05, 0) is 37.6 Å². The average molecular weight is 333 g/mol. The summed E-state index contributed by atoms with van der Waals surface area (Å²) in [6.45, 7) is 4.15. The summed E-state index contributed by atoms with van der Waals surface area (Å²) in [6, 6.07) is 14.3. The number of anilines is 1. The Morgan fingerprint density at radius 3 is 2.56 bits per heavy atom. The average Bonchev–Trinajstić information content (AvgIpc) is 2.89. The number of aryl methyl sites for hydroxylation is 3. The maximum Gasteiger partial charge on any atom is 0.262 e. The third kappa shape index (κ3) is 2.67. The second-order valence-electron chi connectivity index (χ2n) is 6.35. The molecule has 126 valence electrons. The molecule has 0 saturated heterocycles. The molecule has 1 amide bonds. The molecule has 1 N–H and O–H groups in total. The van der Waals surface area contributed by atoms with Gasteiger partial charge >= 0.3 is 0 Å². The highest BCUT2D eigenvalue weighted by atomic mass is 16.5. The lowest BCUT2D eigenvalue weighted by Gasteiger charge is -2.19. The first-order valence-electron chi connectivity index (χ1n) is 8.20.